The zero-order valence-corrected chi connectivity index (χ0v) is 16.4. The first-order valence-electron chi connectivity index (χ1n) is 9.37. The summed E-state index contributed by atoms with van der Waals surface area (Å²) < 4.78 is 5.54. The van der Waals surface area contributed by atoms with Crippen molar-refractivity contribution in [2.24, 2.45) is 0 Å². The normalized spacial score (nSPS) is 17.1. The summed E-state index contributed by atoms with van der Waals surface area (Å²) in [7, 11) is 1.99. The average Bonchev–Trinajstić information content (AvgIpc) is 2.68. The van der Waals surface area contributed by atoms with E-state index in [4.69, 9.17) is 4.74 Å². The summed E-state index contributed by atoms with van der Waals surface area (Å²) in [5.74, 6) is 1.23. The van der Waals surface area contributed by atoms with Crippen LogP contribution >= 0.6 is 0 Å². The van der Waals surface area contributed by atoms with Gasteiger partial charge in [0, 0.05) is 50.8 Å². The number of hydrogen-bond donors (Lipinski definition) is 0. The Kier molecular flexibility index (Phi) is 5.88. The molecule has 0 aliphatic carbocycles. The van der Waals surface area contributed by atoms with Crippen molar-refractivity contribution in [3.63, 3.8) is 0 Å². The third kappa shape index (κ3) is 4.72. The van der Waals surface area contributed by atoms with Crippen LogP contribution in [0.25, 0.3) is 0 Å². The summed E-state index contributed by atoms with van der Waals surface area (Å²) in [5, 5.41) is 0. The molecule has 0 radical (unpaired) electrons. The van der Waals surface area contributed by atoms with Crippen molar-refractivity contribution in [2.75, 3.05) is 25.0 Å². The van der Waals surface area contributed by atoms with Crippen LogP contribution in [-0.2, 0) is 0 Å². The van der Waals surface area contributed by atoms with Crippen molar-refractivity contribution < 1.29 is 9.53 Å². The van der Waals surface area contributed by atoms with Gasteiger partial charge in [-0.3, -0.25) is 4.79 Å². The topological polar surface area (TPSA) is 71.5 Å². The molecular formula is C20H27N5O2. The van der Waals surface area contributed by atoms with Crippen molar-refractivity contribution >= 4 is 11.9 Å². The summed E-state index contributed by atoms with van der Waals surface area (Å²) in [6, 6.07) is 3.73. The first kappa shape index (κ1) is 19.1. The van der Waals surface area contributed by atoms with Gasteiger partial charge in [0.1, 0.15) is 0 Å². The monoisotopic (exact) mass is 369 g/mol. The first-order chi connectivity index (χ1) is 12.9. The van der Waals surface area contributed by atoms with Gasteiger partial charge in [-0.1, -0.05) is 0 Å². The highest BCUT2D eigenvalue weighted by Crippen LogP contribution is 2.20. The molecule has 0 spiro atoms. The van der Waals surface area contributed by atoms with E-state index in [2.05, 4.69) is 19.9 Å². The number of nitrogens with zero attached hydrogens (tertiary/aromatic N) is 5. The zero-order valence-electron chi connectivity index (χ0n) is 16.4. The molecule has 7 nitrogen and oxygen atoms in total. The lowest BCUT2D eigenvalue weighted by atomic mass is 10.0. The highest BCUT2D eigenvalue weighted by atomic mass is 16.5. The Morgan fingerprint density at radius 3 is 2.59 bits per heavy atom. The molecule has 1 saturated heterocycles. The molecule has 0 N–H and O–H groups in total. The molecule has 2 aromatic rings. The van der Waals surface area contributed by atoms with Gasteiger partial charge in [-0.15, -0.1) is 0 Å². The van der Waals surface area contributed by atoms with Gasteiger partial charge in [0.05, 0.1) is 11.7 Å². The number of rotatable bonds is 5. The standard InChI is InChI=1S/C20H27N5O2/c1-14(2)27-18-8-7-16(12-21-18)19(26)25-9-5-6-17(13-25)24(4)20-22-10-15(3)11-23-20/h7-8,10-12,14,17H,5-6,9,13H2,1-4H3. The van der Waals surface area contributed by atoms with Crippen LogP contribution in [0.5, 0.6) is 5.88 Å². The SMILES string of the molecule is Cc1cnc(N(C)C2CCCN(C(=O)c3ccc(OC(C)C)nc3)C2)nc1. The number of amides is 1. The van der Waals surface area contributed by atoms with Gasteiger partial charge in [0.25, 0.3) is 5.91 Å². The van der Waals surface area contributed by atoms with Crippen LogP contribution in [0.15, 0.2) is 30.7 Å². The van der Waals surface area contributed by atoms with Crippen molar-refractivity contribution in [1.82, 2.24) is 19.9 Å². The maximum Gasteiger partial charge on any atom is 0.255 e. The number of ether oxygens (including phenoxy) is 1. The van der Waals surface area contributed by atoms with E-state index in [9.17, 15) is 4.79 Å². The Hall–Kier alpha value is -2.70. The molecule has 0 saturated carbocycles. The Morgan fingerprint density at radius 2 is 1.96 bits per heavy atom. The number of pyridine rings is 1. The molecule has 7 heteroatoms. The fourth-order valence-electron chi connectivity index (χ4n) is 3.19. The predicted molar refractivity (Wildman–Crippen MR) is 104 cm³/mol. The molecule has 0 aromatic carbocycles. The maximum atomic E-state index is 12.9. The fourth-order valence-corrected chi connectivity index (χ4v) is 3.19. The van der Waals surface area contributed by atoms with Gasteiger partial charge in [-0.05, 0) is 45.2 Å². The van der Waals surface area contributed by atoms with E-state index in [1.54, 1.807) is 18.3 Å². The smallest absolute Gasteiger partial charge is 0.255 e. The van der Waals surface area contributed by atoms with Crippen molar-refractivity contribution in [3.05, 3.63) is 41.9 Å². The number of carbonyl (C=O) groups is 1. The highest BCUT2D eigenvalue weighted by Gasteiger charge is 2.28. The van der Waals surface area contributed by atoms with Gasteiger partial charge in [0.15, 0.2) is 0 Å². The number of likely N-dealkylation sites (N-methyl/N-ethyl adjacent to an activating group) is 1. The van der Waals surface area contributed by atoms with E-state index < -0.39 is 0 Å². The van der Waals surface area contributed by atoms with Crippen LogP contribution in [0.4, 0.5) is 5.95 Å². The minimum atomic E-state index is 0.00141. The largest absolute Gasteiger partial charge is 0.475 e. The van der Waals surface area contributed by atoms with Crippen LogP contribution in [0.3, 0.4) is 0 Å². The third-order valence-corrected chi connectivity index (χ3v) is 4.65. The Morgan fingerprint density at radius 1 is 1.22 bits per heavy atom. The van der Waals surface area contributed by atoms with Crippen LogP contribution < -0.4 is 9.64 Å². The maximum absolute atomic E-state index is 12.9. The van der Waals surface area contributed by atoms with Crippen molar-refractivity contribution in [2.45, 2.75) is 45.8 Å². The molecule has 144 valence electrons. The number of likely N-dealkylation sites (tertiary alicyclic amines) is 1. The molecule has 1 fully saturated rings. The minimum absolute atomic E-state index is 0.00141. The van der Waals surface area contributed by atoms with Crippen molar-refractivity contribution in [1.29, 1.82) is 0 Å². The van der Waals surface area contributed by atoms with Crippen LogP contribution in [-0.4, -0.2) is 58.0 Å². The number of carbonyl (C=O) groups excluding carboxylic acids is 1. The Balaban J connectivity index is 1.66. The van der Waals surface area contributed by atoms with Gasteiger partial charge < -0.3 is 14.5 Å². The molecule has 1 atom stereocenters. The molecule has 27 heavy (non-hydrogen) atoms. The molecule has 3 rings (SSSR count). The summed E-state index contributed by atoms with van der Waals surface area (Å²) >= 11 is 0. The number of aromatic nitrogens is 3. The molecule has 3 heterocycles. The Labute approximate surface area is 160 Å². The summed E-state index contributed by atoms with van der Waals surface area (Å²) in [6.45, 7) is 7.26. The second-order valence-corrected chi connectivity index (χ2v) is 7.27. The number of anilines is 1. The van der Waals surface area contributed by atoms with Crippen LogP contribution in [0.1, 0.15) is 42.6 Å². The molecular weight excluding hydrogens is 342 g/mol. The lowest BCUT2D eigenvalue weighted by molar-refractivity contribution is 0.0706. The quantitative estimate of drug-likeness (QED) is 0.807. The molecule has 1 aliphatic rings. The first-order valence-corrected chi connectivity index (χ1v) is 9.37. The molecule has 2 aromatic heterocycles. The molecule has 1 amide bonds. The Bertz CT molecular complexity index is 761. The molecule has 1 aliphatic heterocycles. The summed E-state index contributed by atoms with van der Waals surface area (Å²) in [6.07, 6.45) is 7.25. The second-order valence-electron chi connectivity index (χ2n) is 7.27. The second kappa shape index (κ2) is 8.33. The number of hydrogen-bond acceptors (Lipinski definition) is 6. The summed E-state index contributed by atoms with van der Waals surface area (Å²) in [4.78, 5) is 29.9. The van der Waals surface area contributed by atoms with Crippen LogP contribution in [0.2, 0.25) is 0 Å². The van der Waals surface area contributed by atoms with E-state index in [0.717, 1.165) is 24.9 Å². The molecule has 1 unspecified atom stereocenters. The van der Waals surface area contributed by atoms with E-state index in [-0.39, 0.29) is 18.1 Å². The molecule has 0 bridgehead atoms. The van der Waals surface area contributed by atoms with E-state index in [1.807, 2.05) is 45.1 Å². The lowest BCUT2D eigenvalue weighted by Gasteiger charge is -2.37. The predicted octanol–water partition coefficient (Wildman–Crippen LogP) is 2.71. The van der Waals surface area contributed by atoms with Gasteiger partial charge in [0.2, 0.25) is 11.8 Å². The minimum Gasteiger partial charge on any atom is -0.475 e. The number of piperidine rings is 1. The van der Waals surface area contributed by atoms with Gasteiger partial charge >= 0.3 is 0 Å². The third-order valence-electron chi connectivity index (χ3n) is 4.65. The fraction of sp³-hybridized carbons (Fsp3) is 0.500. The lowest BCUT2D eigenvalue weighted by Crippen LogP contribution is -2.49. The highest BCUT2D eigenvalue weighted by molar-refractivity contribution is 5.94. The zero-order chi connectivity index (χ0) is 19.4. The van der Waals surface area contributed by atoms with E-state index in [0.29, 0.717) is 23.9 Å². The van der Waals surface area contributed by atoms with E-state index >= 15 is 0 Å². The average molecular weight is 369 g/mol. The number of aryl methyl sites for hydroxylation is 1. The van der Waals surface area contributed by atoms with Gasteiger partial charge in [-0.2, -0.15) is 0 Å². The van der Waals surface area contributed by atoms with E-state index in [1.165, 1.54) is 0 Å². The van der Waals surface area contributed by atoms with Crippen LogP contribution in [0, 0.1) is 6.92 Å². The van der Waals surface area contributed by atoms with Crippen molar-refractivity contribution in [3.8, 4) is 5.88 Å². The summed E-state index contributed by atoms with van der Waals surface area (Å²) in [5.41, 5.74) is 1.62. The van der Waals surface area contributed by atoms with Gasteiger partial charge in [-0.25, -0.2) is 15.0 Å².